The molecule has 1 aromatic heterocycles. The van der Waals surface area contributed by atoms with Crippen molar-refractivity contribution in [2.24, 2.45) is 0 Å². The number of amides is 1. The maximum Gasteiger partial charge on any atom is 0.244 e. The van der Waals surface area contributed by atoms with E-state index in [0.29, 0.717) is 17.2 Å². The molecule has 0 aliphatic rings. The molecule has 1 heterocycles. The molecule has 1 N–H and O–H groups in total. The number of thiophene rings is 1. The molecule has 0 saturated heterocycles. The van der Waals surface area contributed by atoms with Crippen molar-refractivity contribution in [3.8, 4) is 17.2 Å². The summed E-state index contributed by atoms with van der Waals surface area (Å²) in [5.41, 5.74) is 0.788. The third-order valence-corrected chi connectivity index (χ3v) is 4.49. The number of ether oxygens (including phenoxy) is 3. The molecule has 1 amide bonds. The van der Waals surface area contributed by atoms with Gasteiger partial charge in [0.2, 0.25) is 11.7 Å². The Morgan fingerprint density at radius 2 is 1.88 bits per heavy atom. The highest BCUT2D eigenvalue weighted by atomic mass is 32.1. The maximum absolute atomic E-state index is 12.1. The molecule has 0 radical (unpaired) electrons. The van der Waals surface area contributed by atoms with Crippen molar-refractivity contribution in [1.29, 1.82) is 0 Å². The van der Waals surface area contributed by atoms with Gasteiger partial charge in [-0.3, -0.25) is 4.79 Å². The average molecular weight is 361 g/mol. The third kappa shape index (κ3) is 5.26. The van der Waals surface area contributed by atoms with Crippen LogP contribution in [0.4, 0.5) is 0 Å². The molecule has 0 saturated carbocycles. The summed E-state index contributed by atoms with van der Waals surface area (Å²) in [6, 6.07) is 7.73. The fraction of sp³-hybridized carbons (Fsp3) is 0.316. The van der Waals surface area contributed by atoms with Crippen LogP contribution in [0.2, 0.25) is 0 Å². The van der Waals surface area contributed by atoms with Gasteiger partial charge in [-0.25, -0.2) is 0 Å². The van der Waals surface area contributed by atoms with Crippen molar-refractivity contribution in [3.63, 3.8) is 0 Å². The van der Waals surface area contributed by atoms with Gasteiger partial charge in [0.05, 0.1) is 21.3 Å². The van der Waals surface area contributed by atoms with Gasteiger partial charge in [-0.1, -0.05) is 6.07 Å². The molecule has 2 aromatic rings. The molecule has 25 heavy (non-hydrogen) atoms. The van der Waals surface area contributed by atoms with Crippen LogP contribution in [0.25, 0.3) is 6.08 Å². The number of benzene rings is 1. The summed E-state index contributed by atoms with van der Waals surface area (Å²) in [5.74, 6) is 1.48. The molecule has 1 unspecified atom stereocenters. The van der Waals surface area contributed by atoms with Crippen LogP contribution in [0.15, 0.2) is 35.7 Å². The number of nitrogens with one attached hydrogen (secondary N) is 1. The molecule has 5 nitrogen and oxygen atoms in total. The van der Waals surface area contributed by atoms with E-state index in [1.54, 1.807) is 50.9 Å². The summed E-state index contributed by atoms with van der Waals surface area (Å²) < 4.78 is 15.9. The van der Waals surface area contributed by atoms with Crippen molar-refractivity contribution in [2.45, 2.75) is 19.4 Å². The molecule has 6 heteroatoms. The predicted octanol–water partition coefficient (Wildman–Crippen LogP) is 3.53. The topological polar surface area (TPSA) is 56.8 Å². The third-order valence-electron chi connectivity index (χ3n) is 3.59. The quantitative estimate of drug-likeness (QED) is 0.731. The first-order valence-electron chi connectivity index (χ1n) is 7.88. The molecular weight excluding hydrogens is 338 g/mol. The van der Waals surface area contributed by atoms with Crippen LogP contribution in [0.1, 0.15) is 17.4 Å². The number of rotatable bonds is 8. The summed E-state index contributed by atoms with van der Waals surface area (Å²) in [4.78, 5) is 13.4. The second-order valence-electron chi connectivity index (χ2n) is 5.49. The largest absolute Gasteiger partial charge is 0.493 e. The average Bonchev–Trinajstić information content (AvgIpc) is 3.11. The Hall–Kier alpha value is -2.47. The van der Waals surface area contributed by atoms with Gasteiger partial charge in [0.15, 0.2) is 11.5 Å². The minimum atomic E-state index is -0.141. The Morgan fingerprint density at radius 3 is 2.40 bits per heavy atom. The van der Waals surface area contributed by atoms with Crippen LogP contribution in [0.3, 0.4) is 0 Å². The summed E-state index contributed by atoms with van der Waals surface area (Å²) in [7, 11) is 4.67. The highest BCUT2D eigenvalue weighted by molar-refractivity contribution is 7.09. The predicted molar refractivity (Wildman–Crippen MR) is 101 cm³/mol. The fourth-order valence-electron chi connectivity index (χ4n) is 2.44. The van der Waals surface area contributed by atoms with E-state index in [9.17, 15) is 4.79 Å². The van der Waals surface area contributed by atoms with Crippen LogP contribution in [-0.4, -0.2) is 33.3 Å². The van der Waals surface area contributed by atoms with Crippen LogP contribution in [-0.2, 0) is 11.2 Å². The Kier molecular flexibility index (Phi) is 6.89. The standard InChI is InChI=1S/C19H23NO4S/c1-13(10-15-6-5-9-25-15)20-18(21)8-7-14-11-16(22-2)19(24-4)17(12-14)23-3/h5-9,11-13H,10H2,1-4H3,(H,20,21)/b8-7+. The van der Waals surface area contributed by atoms with Crippen molar-refractivity contribution in [1.82, 2.24) is 5.32 Å². The van der Waals surface area contributed by atoms with E-state index in [0.717, 1.165) is 12.0 Å². The normalized spacial score (nSPS) is 12.0. The van der Waals surface area contributed by atoms with Crippen LogP contribution >= 0.6 is 11.3 Å². The molecule has 0 spiro atoms. The molecular formula is C19H23NO4S. The molecule has 0 fully saturated rings. The zero-order valence-electron chi connectivity index (χ0n) is 14.9. The molecule has 0 aliphatic heterocycles. The zero-order chi connectivity index (χ0) is 18.2. The van der Waals surface area contributed by atoms with Gasteiger partial charge in [0, 0.05) is 23.4 Å². The molecule has 1 atom stereocenters. The number of hydrogen-bond donors (Lipinski definition) is 1. The van der Waals surface area contributed by atoms with Crippen molar-refractivity contribution >= 4 is 23.3 Å². The Labute approximate surface area is 152 Å². The molecule has 0 aliphatic carbocycles. The number of methoxy groups -OCH3 is 3. The fourth-order valence-corrected chi connectivity index (χ4v) is 3.28. The Morgan fingerprint density at radius 1 is 1.20 bits per heavy atom. The summed E-state index contributed by atoms with van der Waals surface area (Å²) in [5, 5.41) is 5.00. The lowest BCUT2D eigenvalue weighted by Crippen LogP contribution is -2.32. The minimum Gasteiger partial charge on any atom is -0.493 e. The van der Waals surface area contributed by atoms with E-state index in [1.807, 2.05) is 18.4 Å². The zero-order valence-corrected chi connectivity index (χ0v) is 15.7. The van der Waals surface area contributed by atoms with Crippen LogP contribution in [0, 0.1) is 0 Å². The smallest absolute Gasteiger partial charge is 0.244 e. The summed E-state index contributed by atoms with van der Waals surface area (Å²) in [6.07, 6.45) is 4.05. The van der Waals surface area contributed by atoms with Gasteiger partial charge in [-0.2, -0.15) is 0 Å². The number of hydrogen-bond acceptors (Lipinski definition) is 5. The van der Waals surface area contributed by atoms with Crippen molar-refractivity contribution in [3.05, 3.63) is 46.2 Å². The van der Waals surface area contributed by atoms with Crippen molar-refractivity contribution < 1.29 is 19.0 Å². The van der Waals surface area contributed by atoms with Crippen LogP contribution < -0.4 is 19.5 Å². The van der Waals surface area contributed by atoms with Gasteiger partial charge in [-0.05, 0) is 42.1 Å². The lowest BCUT2D eigenvalue weighted by atomic mass is 10.1. The number of carbonyl (C=O) groups is 1. The molecule has 1 aromatic carbocycles. The first kappa shape index (κ1) is 18.9. The van der Waals surface area contributed by atoms with E-state index in [4.69, 9.17) is 14.2 Å². The lowest BCUT2D eigenvalue weighted by molar-refractivity contribution is -0.117. The summed E-state index contributed by atoms with van der Waals surface area (Å²) >= 11 is 1.69. The first-order valence-corrected chi connectivity index (χ1v) is 8.76. The van der Waals surface area contributed by atoms with E-state index < -0.39 is 0 Å². The number of carbonyl (C=O) groups excluding carboxylic acids is 1. The molecule has 0 bridgehead atoms. The van der Waals surface area contributed by atoms with E-state index in [1.165, 1.54) is 11.0 Å². The highest BCUT2D eigenvalue weighted by Crippen LogP contribution is 2.38. The molecule has 2 rings (SSSR count). The second kappa shape index (κ2) is 9.13. The van der Waals surface area contributed by atoms with Gasteiger partial charge < -0.3 is 19.5 Å². The highest BCUT2D eigenvalue weighted by Gasteiger charge is 2.12. The second-order valence-corrected chi connectivity index (χ2v) is 6.52. The summed E-state index contributed by atoms with van der Waals surface area (Å²) in [6.45, 7) is 1.99. The van der Waals surface area contributed by atoms with Gasteiger partial charge >= 0.3 is 0 Å². The SMILES string of the molecule is COc1cc(/C=C/C(=O)NC(C)Cc2cccs2)cc(OC)c1OC. The first-order chi connectivity index (χ1) is 12.1. The van der Waals surface area contributed by atoms with Gasteiger partial charge in [0.1, 0.15) is 0 Å². The monoisotopic (exact) mass is 361 g/mol. The Bertz CT molecular complexity index is 700. The van der Waals surface area contributed by atoms with E-state index in [-0.39, 0.29) is 11.9 Å². The van der Waals surface area contributed by atoms with E-state index in [2.05, 4.69) is 11.4 Å². The lowest BCUT2D eigenvalue weighted by Gasteiger charge is -2.13. The van der Waals surface area contributed by atoms with Crippen molar-refractivity contribution in [2.75, 3.05) is 21.3 Å². The molecule has 134 valence electrons. The van der Waals surface area contributed by atoms with Crippen LogP contribution in [0.5, 0.6) is 17.2 Å². The Balaban J connectivity index is 2.03. The van der Waals surface area contributed by atoms with E-state index >= 15 is 0 Å². The van der Waals surface area contributed by atoms with Gasteiger partial charge in [0.25, 0.3) is 0 Å². The maximum atomic E-state index is 12.1. The minimum absolute atomic E-state index is 0.0655. The van der Waals surface area contributed by atoms with Gasteiger partial charge in [-0.15, -0.1) is 11.3 Å².